The lowest BCUT2D eigenvalue weighted by Crippen LogP contribution is -2.32. The molecule has 0 aliphatic heterocycles. The molecule has 0 atom stereocenters. The van der Waals surface area contributed by atoms with Crippen molar-refractivity contribution >= 4 is 23.4 Å². The first-order valence-electron chi connectivity index (χ1n) is 5.78. The summed E-state index contributed by atoms with van der Waals surface area (Å²) in [6, 6.07) is 5.93. The van der Waals surface area contributed by atoms with E-state index in [9.17, 15) is 14.3 Å². The van der Waals surface area contributed by atoms with Gasteiger partial charge in [-0.3, -0.25) is 4.79 Å². The summed E-state index contributed by atoms with van der Waals surface area (Å²) in [4.78, 5) is 11.6. The maximum atomic E-state index is 13.3. The minimum Gasteiger partial charge on any atom is -0.538 e. The Morgan fingerprint density at radius 2 is 2.30 bits per heavy atom. The Hall–Kier alpha value is -2.09. The van der Waals surface area contributed by atoms with Crippen molar-refractivity contribution in [2.24, 2.45) is 7.05 Å². The zero-order valence-electron chi connectivity index (χ0n) is 10.6. The Bertz CT molecular complexity index is 598. The van der Waals surface area contributed by atoms with Crippen LogP contribution < -0.4 is 15.1 Å². The van der Waals surface area contributed by atoms with Gasteiger partial charge in [0.15, 0.2) is 13.0 Å². The number of benzene rings is 1. The van der Waals surface area contributed by atoms with Gasteiger partial charge in [-0.1, -0.05) is 28.6 Å². The third kappa shape index (κ3) is 3.47. The topological polar surface area (TPSA) is 82.1 Å². The lowest BCUT2D eigenvalue weighted by atomic mass is 10.3. The summed E-state index contributed by atoms with van der Waals surface area (Å²) < 4.78 is 19.1. The molecule has 2 rings (SSSR count). The summed E-state index contributed by atoms with van der Waals surface area (Å²) in [7, 11) is 1.58. The number of para-hydroxylation sites is 1. The van der Waals surface area contributed by atoms with Crippen molar-refractivity contribution in [3.05, 3.63) is 30.1 Å². The number of aryl methyl sites for hydroxylation is 1. The van der Waals surface area contributed by atoms with Crippen molar-refractivity contribution in [2.75, 3.05) is 11.1 Å². The lowest BCUT2D eigenvalue weighted by Gasteiger charge is -2.05. The van der Waals surface area contributed by atoms with Gasteiger partial charge in [0.05, 0.1) is 11.0 Å². The fourth-order valence-electron chi connectivity index (χ4n) is 1.47. The number of carbonyl (C=O) groups is 1. The molecule has 1 aromatic carbocycles. The van der Waals surface area contributed by atoms with Gasteiger partial charge in [-0.25, -0.2) is 4.39 Å². The number of rotatable bonds is 5. The maximum Gasteiger partial charge on any atom is 0.290 e. The number of anilines is 1. The largest absolute Gasteiger partial charge is 0.538 e. The standard InChI is InChI=1S/C12H12FN3O3S/c1-16-11(12(18)19-15-16)20-7-6-10(17)14-9-5-3-2-4-8(9)13/h2-5H,6-7H2,1H3,(H-,14,15,17,18). The first kappa shape index (κ1) is 14.3. The van der Waals surface area contributed by atoms with E-state index in [1.54, 1.807) is 19.2 Å². The van der Waals surface area contributed by atoms with Crippen molar-refractivity contribution in [3.8, 4) is 5.95 Å². The summed E-state index contributed by atoms with van der Waals surface area (Å²) in [5, 5.41) is 17.5. The molecule has 8 heteroatoms. The van der Waals surface area contributed by atoms with Gasteiger partial charge < -0.3 is 14.9 Å². The van der Waals surface area contributed by atoms with Crippen molar-refractivity contribution in [1.29, 1.82) is 0 Å². The molecule has 1 heterocycles. The van der Waals surface area contributed by atoms with E-state index >= 15 is 0 Å². The van der Waals surface area contributed by atoms with Crippen LogP contribution in [0, 0.1) is 5.82 Å². The number of carbonyl (C=O) groups excluding carboxylic acids is 1. The summed E-state index contributed by atoms with van der Waals surface area (Å²) >= 11 is 1.16. The highest BCUT2D eigenvalue weighted by molar-refractivity contribution is 7.99. The highest BCUT2D eigenvalue weighted by Gasteiger charge is 2.14. The summed E-state index contributed by atoms with van der Waals surface area (Å²) in [5.74, 6) is -0.980. The van der Waals surface area contributed by atoms with E-state index in [4.69, 9.17) is 0 Å². The maximum absolute atomic E-state index is 13.3. The average Bonchev–Trinajstić information content (AvgIpc) is 2.73. The van der Waals surface area contributed by atoms with E-state index in [2.05, 4.69) is 15.1 Å². The van der Waals surface area contributed by atoms with Crippen molar-refractivity contribution < 1.29 is 23.5 Å². The van der Waals surface area contributed by atoms with Crippen LogP contribution in [0.15, 0.2) is 33.8 Å². The number of hydrogen-bond acceptors (Lipinski definition) is 5. The minimum atomic E-state index is -0.535. The number of nitrogens with one attached hydrogen (secondary N) is 1. The van der Waals surface area contributed by atoms with Gasteiger partial charge >= 0.3 is 0 Å². The number of aromatic nitrogens is 2. The van der Waals surface area contributed by atoms with Gasteiger partial charge in [-0.05, 0) is 12.1 Å². The number of amides is 1. The third-order valence-electron chi connectivity index (χ3n) is 2.43. The first-order chi connectivity index (χ1) is 9.58. The fraction of sp³-hybridized carbons (Fsp3) is 0.250. The Labute approximate surface area is 118 Å². The molecule has 1 amide bonds. The number of thioether (sulfide) groups is 1. The summed E-state index contributed by atoms with van der Waals surface area (Å²) in [6.45, 7) is 0. The van der Waals surface area contributed by atoms with Gasteiger partial charge in [0.1, 0.15) is 5.82 Å². The van der Waals surface area contributed by atoms with E-state index < -0.39 is 11.8 Å². The molecule has 0 unspecified atom stereocenters. The minimum absolute atomic E-state index is 0.141. The number of nitrogens with zero attached hydrogens (tertiary/aromatic N) is 2. The Kier molecular flexibility index (Phi) is 4.57. The summed E-state index contributed by atoms with van der Waals surface area (Å²) in [6.07, 6.45) is 0.142. The zero-order chi connectivity index (χ0) is 14.5. The molecule has 20 heavy (non-hydrogen) atoms. The molecular formula is C12H12FN3O3S. The molecule has 0 aliphatic rings. The Morgan fingerprint density at radius 3 is 2.95 bits per heavy atom. The highest BCUT2D eigenvalue weighted by Crippen LogP contribution is 2.22. The van der Waals surface area contributed by atoms with Crippen LogP contribution in [0.4, 0.5) is 10.1 Å². The van der Waals surface area contributed by atoms with Crippen LogP contribution in [0.5, 0.6) is 5.95 Å². The zero-order valence-corrected chi connectivity index (χ0v) is 11.4. The van der Waals surface area contributed by atoms with E-state index in [-0.39, 0.29) is 18.0 Å². The number of halogens is 1. The first-order valence-corrected chi connectivity index (χ1v) is 6.76. The molecule has 0 fully saturated rings. The molecule has 6 nitrogen and oxygen atoms in total. The van der Waals surface area contributed by atoms with Crippen molar-refractivity contribution in [2.45, 2.75) is 11.4 Å². The normalized spacial score (nSPS) is 10.5. The molecule has 0 saturated heterocycles. The molecule has 2 aromatic rings. The van der Waals surface area contributed by atoms with Gasteiger partial charge in [-0.15, -0.1) is 0 Å². The predicted octanol–water partition coefficient (Wildman–Crippen LogP) is 0.833. The average molecular weight is 297 g/mol. The molecule has 1 N–H and O–H groups in total. The Balaban J connectivity index is 1.83. The number of hydrogen-bond donors (Lipinski definition) is 1. The quantitative estimate of drug-likeness (QED) is 0.653. The van der Waals surface area contributed by atoms with Gasteiger partial charge in [0, 0.05) is 12.2 Å². The van der Waals surface area contributed by atoms with E-state index in [1.807, 2.05) is 0 Å². The van der Waals surface area contributed by atoms with Crippen LogP contribution in [0.25, 0.3) is 0 Å². The SMILES string of the molecule is C[n+]1noc([O-])c1SCCC(=O)Nc1ccccc1F. The second kappa shape index (κ2) is 6.38. The lowest BCUT2D eigenvalue weighted by molar-refractivity contribution is -0.772. The second-order valence-electron chi connectivity index (χ2n) is 3.92. The highest BCUT2D eigenvalue weighted by atomic mass is 32.2. The van der Waals surface area contributed by atoms with E-state index in [0.717, 1.165) is 11.8 Å². The van der Waals surface area contributed by atoms with Gasteiger partial charge in [-0.2, -0.15) is 0 Å². The van der Waals surface area contributed by atoms with E-state index in [1.165, 1.54) is 16.8 Å². The van der Waals surface area contributed by atoms with E-state index in [0.29, 0.717) is 10.8 Å². The summed E-state index contributed by atoms with van der Waals surface area (Å²) in [5.41, 5.74) is 0.141. The van der Waals surface area contributed by atoms with Crippen molar-refractivity contribution in [1.82, 2.24) is 5.27 Å². The van der Waals surface area contributed by atoms with Crippen LogP contribution in [0.3, 0.4) is 0 Å². The molecule has 0 bridgehead atoms. The van der Waals surface area contributed by atoms with Crippen LogP contribution in [-0.2, 0) is 11.8 Å². The molecule has 106 valence electrons. The smallest absolute Gasteiger partial charge is 0.290 e. The Morgan fingerprint density at radius 1 is 1.55 bits per heavy atom. The molecule has 0 aliphatic carbocycles. The predicted molar refractivity (Wildman–Crippen MR) is 67.5 cm³/mol. The second-order valence-corrected chi connectivity index (χ2v) is 5.00. The molecule has 0 saturated carbocycles. The van der Waals surface area contributed by atoms with Crippen molar-refractivity contribution in [3.63, 3.8) is 0 Å². The van der Waals surface area contributed by atoms with Crippen LogP contribution in [0.1, 0.15) is 6.42 Å². The fourth-order valence-corrected chi connectivity index (χ4v) is 2.33. The molecule has 1 aromatic heterocycles. The third-order valence-corrected chi connectivity index (χ3v) is 3.54. The molecule has 0 radical (unpaired) electrons. The van der Waals surface area contributed by atoms with Gasteiger partial charge in [0.2, 0.25) is 5.91 Å². The van der Waals surface area contributed by atoms with Crippen LogP contribution in [-0.4, -0.2) is 16.9 Å². The molecular weight excluding hydrogens is 285 g/mol. The van der Waals surface area contributed by atoms with Gasteiger partial charge in [0.25, 0.3) is 5.03 Å². The van der Waals surface area contributed by atoms with Crippen LogP contribution >= 0.6 is 11.8 Å². The molecule has 0 spiro atoms. The monoisotopic (exact) mass is 297 g/mol. The van der Waals surface area contributed by atoms with Crippen LogP contribution in [0.2, 0.25) is 0 Å².